The minimum absolute atomic E-state index is 0.278. The third kappa shape index (κ3) is 4.85. The molecule has 0 amide bonds. The number of rotatable bonds is 9. The van der Waals surface area contributed by atoms with Gasteiger partial charge in [-0.15, -0.1) is 0 Å². The van der Waals surface area contributed by atoms with Crippen molar-refractivity contribution in [3.63, 3.8) is 0 Å². The molecule has 1 N–H and O–H groups in total. The highest BCUT2D eigenvalue weighted by atomic mass is 14.9. The fourth-order valence-corrected chi connectivity index (χ4v) is 2.96. The molecule has 0 aliphatic rings. The number of nitrogens with one attached hydrogen (secondary N) is 1. The van der Waals surface area contributed by atoms with E-state index in [0.717, 1.165) is 12.5 Å². The van der Waals surface area contributed by atoms with E-state index in [2.05, 4.69) is 71.1 Å². The zero-order chi connectivity index (χ0) is 15.9. The molecule has 1 aromatic carbocycles. The Labute approximate surface area is 132 Å². The van der Waals surface area contributed by atoms with E-state index in [4.69, 9.17) is 0 Å². The fourth-order valence-electron chi connectivity index (χ4n) is 2.96. The van der Waals surface area contributed by atoms with Gasteiger partial charge in [-0.2, -0.15) is 0 Å². The van der Waals surface area contributed by atoms with Crippen LogP contribution in [0.5, 0.6) is 0 Å². The number of benzene rings is 1. The molecule has 0 bridgehead atoms. The predicted octanol–water partition coefficient (Wildman–Crippen LogP) is 5.85. The summed E-state index contributed by atoms with van der Waals surface area (Å²) >= 11 is 0. The second-order valence-corrected chi connectivity index (χ2v) is 6.87. The molecule has 0 aliphatic carbocycles. The molecule has 1 atom stereocenters. The van der Waals surface area contributed by atoms with Crippen LogP contribution in [0, 0.1) is 5.92 Å². The minimum atomic E-state index is 0.278. The second-order valence-electron chi connectivity index (χ2n) is 6.87. The molecule has 21 heavy (non-hydrogen) atoms. The lowest BCUT2D eigenvalue weighted by molar-refractivity contribution is 0.341. The molecule has 0 aliphatic heterocycles. The van der Waals surface area contributed by atoms with E-state index in [1.807, 2.05) is 0 Å². The Morgan fingerprint density at radius 2 is 1.52 bits per heavy atom. The van der Waals surface area contributed by atoms with Crippen molar-refractivity contribution >= 4 is 0 Å². The van der Waals surface area contributed by atoms with Crippen molar-refractivity contribution < 1.29 is 0 Å². The maximum Gasteiger partial charge on any atom is 0.0348 e. The first kappa shape index (κ1) is 18.2. The average molecular weight is 290 g/mol. The van der Waals surface area contributed by atoms with Crippen molar-refractivity contribution in [2.45, 2.75) is 78.7 Å². The van der Waals surface area contributed by atoms with Gasteiger partial charge in [-0.25, -0.2) is 0 Å². The van der Waals surface area contributed by atoms with Crippen LogP contribution in [0.15, 0.2) is 24.3 Å². The van der Waals surface area contributed by atoms with Crippen molar-refractivity contribution in [3.8, 4) is 0 Å². The summed E-state index contributed by atoms with van der Waals surface area (Å²) in [6.07, 6.45) is 4.84. The van der Waals surface area contributed by atoms with E-state index in [9.17, 15) is 0 Å². The number of hydrogen-bond donors (Lipinski definition) is 1. The van der Waals surface area contributed by atoms with Crippen LogP contribution in [0.25, 0.3) is 0 Å². The van der Waals surface area contributed by atoms with Crippen LogP contribution in [0.4, 0.5) is 0 Å². The van der Waals surface area contributed by atoms with Gasteiger partial charge in [0.2, 0.25) is 0 Å². The summed E-state index contributed by atoms with van der Waals surface area (Å²) in [5, 5.41) is 3.76. The molecule has 0 saturated carbocycles. The lowest BCUT2D eigenvalue weighted by atomic mass is 9.81. The predicted molar refractivity (Wildman–Crippen MR) is 94.9 cm³/mol. The Hall–Kier alpha value is -0.820. The molecule has 1 aromatic rings. The van der Waals surface area contributed by atoms with Gasteiger partial charge in [-0.05, 0) is 41.8 Å². The van der Waals surface area contributed by atoms with Crippen LogP contribution in [0.3, 0.4) is 0 Å². The average Bonchev–Trinajstić information content (AvgIpc) is 2.51. The summed E-state index contributed by atoms with van der Waals surface area (Å²) in [5.41, 5.74) is 3.18. The molecule has 0 radical (unpaired) electrons. The summed E-state index contributed by atoms with van der Waals surface area (Å²) < 4.78 is 0. The Bertz CT molecular complexity index is 387. The van der Waals surface area contributed by atoms with Crippen LogP contribution >= 0.6 is 0 Å². The van der Waals surface area contributed by atoms with Crippen molar-refractivity contribution in [3.05, 3.63) is 35.4 Å². The van der Waals surface area contributed by atoms with E-state index in [-0.39, 0.29) is 5.41 Å². The van der Waals surface area contributed by atoms with Gasteiger partial charge in [0.25, 0.3) is 0 Å². The highest BCUT2D eigenvalue weighted by Gasteiger charge is 2.22. The zero-order valence-corrected chi connectivity index (χ0v) is 15.0. The summed E-state index contributed by atoms with van der Waals surface area (Å²) in [4.78, 5) is 0. The molecular formula is C20H35N. The minimum Gasteiger partial charge on any atom is -0.310 e. The molecule has 1 heteroatoms. The molecule has 1 unspecified atom stereocenters. The van der Waals surface area contributed by atoms with E-state index in [1.54, 1.807) is 0 Å². The highest BCUT2D eigenvalue weighted by molar-refractivity contribution is 5.30. The van der Waals surface area contributed by atoms with Crippen LogP contribution in [-0.4, -0.2) is 6.54 Å². The molecule has 1 rings (SSSR count). The Morgan fingerprint density at radius 1 is 0.952 bits per heavy atom. The summed E-state index contributed by atoms with van der Waals surface area (Å²) in [5.74, 6) is 0.724. The lowest BCUT2D eigenvalue weighted by Gasteiger charge is -2.28. The van der Waals surface area contributed by atoms with E-state index < -0.39 is 0 Å². The topological polar surface area (TPSA) is 12.0 Å². The van der Waals surface area contributed by atoms with Crippen LogP contribution < -0.4 is 5.32 Å². The van der Waals surface area contributed by atoms with Gasteiger partial charge in [0, 0.05) is 6.04 Å². The number of hydrogen-bond acceptors (Lipinski definition) is 1. The van der Waals surface area contributed by atoms with Crippen LogP contribution in [0.2, 0.25) is 0 Å². The van der Waals surface area contributed by atoms with Crippen molar-refractivity contribution in [1.82, 2.24) is 5.32 Å². The van der Waals surface area contributed by atoms with Gasteiger partial charge in [-0.1, -0.05) is 78.6 Å². The summed E-state index contributed by atoms with van der Waals surface area (Å²) in [7, 11) is 0. The van der Waals surface area contributed by atoms with Gasteiger partial charge in [-0.3, -0.25) is 0 Å². The molecule has 0 fully saturated rings. The summed E-state index contributed by atoms with van der Waals surface area (Å²) in [6.45, 7) is 14.9. The van der Waals surface area contributed by atoms with E-state index in [1.165, 1.54) is 36.8 Å². The second kappa shape index (κ2) is 8.58. The first-order chi connectivity index (χ1) is 10.00. The molecular weight excluding hydrogens is 254 g/mol. The largest absolute Gasteiger partial charge is 0.310 e. The Morgan fingerprint density at radius 3 is 1.95 bits per heavy atom. The smallest absolute Gasteiger partial charge is 0.0348 e. The van der Waals surface area contributed by atoms with Gasteiger partial charge < -0.3 is 5.32 Å². The molecule has 0 spiro atoms. The molecule has 1 nitrogen and oxygen atoms in total. The molecule has 120 valence electrons. The first-order valence-electron chi connectivity index (χ1n) is 8.83. The normalized spacial score (nSPS) is 13.7. The molecule has 0 aromatic heterocycles. The first-order valence-corrected chi connectivity index (χ1v) is 8.83. The fraction of sp³-hybridized carbons (Fsp3) is 0.700. The quantitative estimate of drug-likeness (QED) is 0.601. The zero-order valence-electron chi connectivity index (χ0n) is 15.0. The highest BCUT2D eigenvalue weighted by Crippen LogP contribution is 2.31. The van der Waals surface area contributed by atoms with Crippen molar-refractivity contribution in [2.75, 3.05) is 6.54 Å². The van der Waals surface area contributed by atoms with Crippen LogP contribution in [-0.2, 0) is 5.41 Å². The van der Waals surface area contributed by atoms with Crippen LogP contribution in [0.1, 0.15) is 84.4 Å². The van der Waals surface area contributed by atoms with Crippen molar-refractivity contribution in [2.24, 2.45) is 5.92 Å². The molecule has 0 saturated heterocycles. The standard InChI is InChI=1S/C20H35N/c1-7-15-21-19(16(8-2)9-3)17-11-13-18(14-12-17)20(5,6)10-4/h11-14,16,19,21H,7-10,15H2,1-6H3. The van der Waals surface area contributed by atoms with Crippen molar-refractivity contribution in [1.29, 1.82) is 0 Å². The monoisotopic (exact) mass is 289 g/mol. The Balaban J connectivity index is 2.97. The SMILES string of the molecule is CCCNC(c1ccc(C(C)(C)CC)cc1)C(CC)CC. The third-order valence-corrected chi connectivity index (χ3v) is 5.07. The lowest BCUT2D eigenvalue weighted by Crippen LogP contribution is -2.28. The maximum absolute atomic E-state index is 3.76. The van der Waals surface area contributed by atoms with E-state index in [0.29, 0.717) is 6.04 Å². The third-order valence-electron chi connectivity index (χ3n) is 5.07. The maximum atomic E-state index is 3.76. The van der Waals surface area contributed by atoms with Gasteiger partial charge in [0.1, 0.15) is 0 Å². The molecule has 0 heterocycles. The van der Waals surface area contributed by atoms with Gasteiger partial charge in [0.15, 0.2) is 0 Å². The Kier molecular flexibility index (Phi) is 7.45. The van der Waals surface area contributed by atoms with Gasteiger partial charge in [0.05, 0.1) is 0 Å². The summed E-state index contributed by atoms with van der Waals surface area (Å²) in [6, 6.07) is 9.86. The van der Waals surface area contributed by atoms with Gasteiger partial charge >= 0.3 is 0 Å². The van der Waals surface area contributed by atoms with E-state index >= 15 is 0 Å².